The Morgan fingerprint density at radius 2 is 1.81 bits per heavy atom. The van der Waals surface area contributed by atoms with Crippen molar-refractivity contribution < 1.29 is 14.6 Å². The highest BCUT2D eigenvalue weighted by atomic mass is 35.5. The Morgan fingerprint density at radius 3 is 2.44 bits per heavy atom. The Labute approximate surface area is 165 Å². The van der Waals surface area contributed by atoms with Crippen molar-refractivity contribution in [1.29, 1.82) is 0 Å². The molecule has 1 unspecified atom stereocenters. The molecule has 1 amide bonds. The van der Waals surface area contributed by atoms with Crippen molar-refractivity contribution in [2.45, 2.75) is 51.9 Å². The normalized spacial score (nSPS) is 13.1. The molecular formula is C21H27ClN2O3. The minimum atomic E-state index is -0.930. The van der Waals surface area contributed by atoms with Crippen LogP contribution in [0.15, 0.2) is 42.5 Å². The highest BCUT2D eigenvalue weighted by Gasteiger charge is 2.27. The SMILES string of the molecule is CC(C)(C)OC(=O)NC(C)(C)c1cccc(C(O)c2cc(Cl)ccc2N)c1. The largest absolute Gasteiger partial charge is 0.444 e. The van der Waals surface area contributed by atoms with Gasteiger partial charge in [-0.25, -0.2) is 4.79 Å². The van der Waals surface area contributed by atoms with Crippen LogP contribution in [-0.4, -0.2) is 16.8 Å². The molecule has 0 bridgehead atoms. The molecule has 4 N–H and O–H groups in total. The number of halogens is 1. The molecule has 27 heavy (non-hydrogen) atoms. The van der Waals surface area contributed by atoms with Gasteiger partial charge in [-0.1, -0.05) is 35.9 Å². The van der Waals surface area contributed by atoms with Gasteiger partial charge in [-0.15, -0.1) is 0 Å². The quantitative estimate of drug-likeness (QED) is 0.657. The zero-order chi connectivity index (χ0) is 20.4. The van der Waals surface area contributed by atoms with Crippen LogP contribution in [0.5, 0.6) is 0 Å². The number of rotatable bonds is 4. The Balaban J connectivity index is 2.28. The van der Waals surface area contributed by atoms with Gasteiger partial charge >= 0.3 is 6.09 Å². The zero-order valence-electron chi connectivity index (χ0n) is 16.3. The zero-order valence-corrected chi connectivity index (χ0v) is 17.1. The molecule has 1 atom stereocenters. The third kappa shape index (κ3) is 5.62. The number of hydrogen-bond donors (Lipinski definition) is 3. The van der Waals surface area contributed by atoms with Crippen LogP contribution in [0.3, 0.4) is 0 Å². The second-order valence-corrected chi connectivity index (χ2v) is 8.49. The maximum absolute atomic E-state index is 12.2. The number of carbonyl (C=O) groups is 1. The monoisotopic (exact) mass is 390 g/mol. The molecule has 0 heterocycles. The summed E-state index contributed by atoms with van der Waals surface area (Å²) >= 11 is 6.03. The molecule has 2 rings (SSSR count). The van der Waals surface area contributed by atoms with Crippen LogP contribution in [0, 0.1) is 0 Å². The summed E-state index contributed by atoms with van der Waals surface area (Å²) in [7, 11) is 0. The van der Waals surface area contributed by atoms with Crippen LogP contribution >= 0.6 is 11.6 Å². The van der Waals surface area contributed by atoms with Gasteiger partial charge in [0.2, 0.25) is 0 Å². The lowest BCUT2D eigenvalue weighted by Gasteiger charge is -2.29. The van der Waals surface area contributed by atoms with Crippen LogP contribution < -0.4 is 11.1 Å². The van der Waals surface area contributed by atoms with Crippen molar-refractivity contribution in [3.8, 4) is 0 Å². The number of alkyl carbamates (subject to hydrolysis) is 1. The summed E-state index contributed by atoms with van der Waals surface area (Å²) in [6.07, 6.45) is -1.43. The lowest BCUT2D eigenvalue weighted by Crippen LogP contribution is -2.43. The smallest absolute Gasteiger partial charge is 0.408 e. The molecule has 0 aliphatic rings. The number of benzene rings is 2. The summed E-state index contributed by atoms with van der Waals surface area (Å²) in [6.45, 7) is 9.18. The first kappa shape index (κ1) is 21.1. The molecule has 0 radical (unpaired) electrons. The van der Waals surface area contributed by atoms with Gasteiger partial charge in [-0.2, -0.15) is 0 Å². The van der Waals surface area contributed by atoms with Crippen molar-refractivity contribution in [3.63, 3.8) is 0 Å². The average molecular weight is 391 g/mol. The first-order chi connectivity index (χ1) is 12.4. The lowest BCUT2D eigenvalue weighted by atomic mass is 9.90. The van der Waals surface area contributed by atoms with Crippen LogP contribution in [0.4, 0.5) is 10.5 Å². The number of aliphatic hydroxyl groups excluding tert-OH is 1. The fraction of sp³-hybridized carbons (Fsp3) is 0.381. The number of carbonyl (C=O) groups excluding carboxylic acids is 1. The average Bonchev–Trinajstić information content (AvgIpc) is 2.54. The van der Waals surface area contributed by atoms with Gasteiger partial charge in [0.1, 0.15) is 11.7 Å². The highest BCUT2D eigenvalue weighted by Crippen LogP contribution is 2.31. The Bertz CT molecular complexity index is 828. The maximum atomic E-state index is 12.2. The van der Waals surface area contributed by atoms with E-state index in [1.54, 1.807) is 24.3 Å². The maximum Gasteiger partial charge on any atom is 0.408 e. The molecule has 0 aliphatic heterocycles. The van der Waals surface area contributed by atoms with Gasteiger partial charge in [0.15, 0.2) is 0 Å². The van der Waals surface area contributed by atoms with Gasteiger partial charge in [0.25, 0.3) is 0 Å². The number of nitrogens with two attached hydrogens (primary N) is 1. The first-order valence-electron chi connectivity index (χ1n) is 8.73. The number of ether oxygens (including phenoxy) is 1. The predicted octanol–water partition coefficient (Wildman–Crippen LogP) is 4.76. The van der Waals surface area contributed by atoms with E-state index in [0.29, 0.717) is 21.8 Å². The molecule has 6 heteroatoms. The Kier molecular flexibility index (Phi) is 6.07. The van der Waals surface area contributed by atoms with Crippen molar-refractivity contribution >= 4 is 23.4 Å². The second-order valence-electron chi connectivity index (χ2n) is 8.05. The van der Waals surface area contributed by atoms with Gasteiger partial charge in [-0.05, 0) is 63.9 Å². The first-order valence-corrected chi connectivity index (χ1v) is 9.11. The number of hydrogen-bond acceptors (Lipinski definition) is 4. The van der Waals surface area contributed by atoms with Crippen LogP contribution in [0.25, 0.3) is 0 Å². The molecule has 146 valence electrons. The molecule has 0 aliphatic carbocycles. The third-order valence-corrected chi connectivity index (χ3v) is 4.32. The number of nitrogen functional groups attached to an aromatic ring is 1. The fourth-order valence-corrected chi connectivity index (χ4v) is 2.87. The Morgan fingerprint density at radius 1 is 1.15 bits per heavy atom. The van der Waals surface area contributed by atoms with Crippen molar-refractivity contribution in [3.05, 3.63) is 64.2 Å². The summed E-state index contributed by atoms with van der Waals surface area (Å²) < 4.78 is 5.34. The molecule has 2 aromatic carbocycles. The van der Waals surface area contributed by atoms with Gasteiger partial charge in [0.05, 0.1) is 5.54 Å². The molecule has 2 aromatic rings. The molecule has 0 fully saturated rings. The fourth-order valence-electron chi connectivity index (χ4n) is 2.69. The minimum Gasteiger partial charge on any atom is -0.444 e. The van der Waals surface area contributed by atoms with Crippen LogP contribution in [0.2, 0.25) is 5.02 Å². The van der Waals surface area contributed by atoms with E-state index in [1.807, 2.05) is 52.8 Å². The molecule has 0 spiro atoms. The van der Waals surface area contributed by atoms with E-state index in [-0.39, 0.29) is 0 Å². The summed E-state index contributed by atoms with van der Waals surface area (Å²) in [6, 6.07) is 12.3. The number of nitrogens with one attached hydrogen (secondary N) is 1. The van der Waals surface area contributed by atoms with E-state index in [2.05, 4.69) is 5.32 Å². The second kappa shape index (κ2) is 7.79. The molecular weight excluding hydrogens is 364 g/mol. The number of anilines is 1. The van der Waals surface area contributed by atoms with E-state index in [0.717, 1.165) is 5.56 Å². The molecule has 0 saturated carbocycles. The number of aliphatic hydroxyl groups is 1. The summed E-state index contributed by atoms with van der Waals surface area (Å²) in [5.41, 5.74) is 7.19. The Hall–Kier alpha value is -2.24. The number of amides is 1. The van der Waals surface area contributed by atoms with Crippen molar-refractivity contribution in [1.82, 2.24) is 5.32 Å². The predicted molar refractivity (Wildman–Crippen MR) is 109 cm³/mol. The molecule has 0 aromatic heterocycles. The van der Waals surface area contributed by atoms with E-state index in [4.69, 9.17) is 22.1 Å². The topological polar surface area (TPSA) is 84.6 Å². The van der Waals surface area contributed by atoms with Crippen LogP contribution in [0.1, 0.15) is 57.4 Å². The van der Waals surface area contributed by atoms with E-state index in [9.17, 15) is 9.90 Å². The lowest BCUT2D eigenvalue weighted by molar-refractivity contribution is 0.0470. The van der Waals surface area contributed by atoms with Gasteiger partial charge in [0, 0.05) is 16.3 Å². The molecule has 0 saturated heterocycles. The summed E-state index contributed by atoms with van der Waals surface area (Å²) in [4.78, 5) is 12.2. The van der Waals surface area contributed by atoms with E-state index in [1.165, 1.54) is 0 Å². The van der Waals surface area contributed by atoms with Crippen molar-refractivity contribution in [2.75, 3.05) is 5.73 Å². The minimum absolute atomic E-state index is 0.462. The van der Waals surface area contributed by atoms with Gasteiger partial charge in [-0.3, -0.25) is 0 Å². The van der Waals surface area contributed by atoms with Crippen LogP contribution in [-0.2, 0) is 10.3 Å². The highest BCUT2D eigenvalue weighted by molar-refractivity contribution is 6.30. The van der Waals surface area contributed by atoms with E-state index < -0.39 is 23.3 Å². The van der Waals surface area contributed by atoms with E-state index >= 15 is 0 Å². The van der Waals surface area contributed by atoms with Gasteiger partial charge < -0.3 is 20.9 Å². The summed E-state index contributed by atoms with van der Waals surface area (Å²) in [5.74, 6) is 0. The van der Waals surface area contributed by atoms with Crippen molar-refractivity contribution in [2.24, 2.45) is 0 Å². The molecule has 5 nitrogen and oxygen atoms in total. The summed E-state index contributed by atoms with van der Waals surface area (Å²) in [5, 5.41) is 14.1. The third-order valence-electron chi connectivity index (χ3n) is 4.08. The standard InChI is InChI=1S/C21H27ClN2O3/c1-20(2,3)27-19(26)24-21(4,5)14-8-6-7-13(11-14)18(25)16-12-15(22)9-10-17(16)23/h6-12,18,25H,23H2,1-5H3,(H,24,26).